The maximum absolute atomic E-state index is 11.3. The molecule has 0 bridgehead atoms. The lowest BCUT2D eigenvalue weighted by molar-refractivity contribution is -0.152. The summed E-state index contributed by atoms with van der Waals surface area (Å²) < 4.78 is 4.75. The lowest BCUT2D eigenvalue weighted by Gasteiger charge is -2.39. The van der Waals surface area contributed by atoms with Crippen LogP contribution in [-0.2, 0) is 9.53 Å². The average molecular weight is 171 g/mol. The summed E-state index contributed by atoms with van der Waals surface area (Å²) >= 11 is 0. The number of rotatable bonds is 4. The number of carbonyl (C=O) groups is 1. The van der Waals surface area contributed by atoms with Crippen molar-refractivity contribution in [2.75, 3.05) is 13.7 Å². The first kappa shape index (κ1) is 9.52. The number of carbonyl (C=O) groups excluding carboxylic acids is 1. The van der Waals surface area contributed by atoms with Gasteiger partial charge in [0.15, 0.2) is 0 Å². The maximum Gasteiger partial charge on any atom is 0.326 e. The predicted molar refractivity (Wildman–Crippen MR) is 46.9 cm³/mol. The van der Waals surface area contributed by atoms with E-state index in [1.54, 1.807) is 0 Å². The molecule has 3 nitrogen and oxygen atoms in total. The highest BCUT2D eigenvalue weighted by atomic mass is 16.5. The third kappa shape index (κ3) is 1.61. The Morgan fingerprint density at radius 1 is 1.58 bits per heavy atom. The standard InChI is InChI=1S/C9H17NO2/c1-3-7-10-9(5-4-6-9)8(11)12-2/h10H,3-7H2,1-2H3. The van der Waals surface area contributed by atoms with Gasteiger partial charge in [-0.15, -0.1) is 0 Å². The second-order valence-corrected chi connectivity index (χ2v) is 3.35. The molecule has 0 atom stereocenters. The summed E-state index contributed by atoms with van der Waals surface area (Å²) in [5, 5.41) is 3.26. The molecule has 0 spiro atoms. The summed E-state index contributed by atoms with van der Waals surface area (Å²) in [4.78, 5) is 11.3. The van der Waals surface area contributed by atoms with Crippen molar-refractivity contribution < 1.29 is 9.53 Å². The third-order valence-electron chi connectivity index (χ3n) is 2.50. The molecule has 0 saturated heterocycles. The average Bonchev–Trinajstić information content (AvgIpc) is 2.02. The monoisotopic (exact) mass is 171 g/mol. The number of methoxy groups -OCH3 is 1. The van der Waals surface area contributed by atoms with Gasteiger partial charge in [0.2, 0.25) is 0 Å². The van der Waals surface area contributed by atoms with Gasteiger partial charge in [-0.05, 0) is 32.2 Å². The molecule has 1 aliphatic carbocycles. The van der Waals surface area contributed by atoms with Crippen LogP contribution in [0.15, 0.2) is 0 Å². The maximum atomic E-state index is 11.3. The Morgan fingerprint density at radius 3 is 2.58 bits per heavy atom. The minimum atomic E-state index is -0.329. The molecular formula is C9H17NO2. The van der Waals surface area contributed by atoms with E-state index in [9.17, 15) is 4.79 Å². The Balaban J connectivity index is 2.44. The van der Waals surface area contributed by atoms with E-state index in [2.05, 4.69) is 12.2 Å². The van der Waals surface area contributed by atoms with Crippen LogP contribution in [0.2, 0.25) is 0 Å². The van der Waals surface area contributed by atoms with Crippen LogP contribution in [0.4, 0.5) is 0 Å². The van der Waals surface area contributed by atoms with E-state index in [4.69, 9.17) is 4.74 Å². The Kier molecular flexibility index (Phi) is 3.09. The molecule has 0 unspecified atom stereocenters. The molecule has 0 amide bonds. The molecule has 1 N–H and O–H groups in total. The summed E-state index contributed by atoms with van der Waals surface area (Å²) in [5.41, 5.74) is -0.329. The second-order valence-electron chi connectivity index (χ2n) is 3.35. The molecule has 0 heterocycles. The van der Waals surface area contributed by atoms with Gasteiger partial charge in [-0.1, -0.05) is 6.92 Å². The van der Waals surface area contributed by atoms with Gasteiger partial charge >= 0.3 is 5.97 Å². The van der Waals surface area contributed by atoms with Crippen LogP contribution in [0.1, 0.15) is 32.6 Å². The zero-order valence-corrected chi connectivity index (χ0v) is 7.85. The summed E-state index contributed by atoms with van der Waals surface area (Å²) in [5.74, 6) is -0.0952. The van der Waals surface area contributed by atoms with E-state index in [1.165, 1.54) is 7.11 Å². The zero-order valence-electron chi connectivity index (χ0n) is 7.85. The molecule has 70 valence electrons. The molecular weight excluding hydrogens is 154 g/mol. The third-order valence-corrected chi connectivity index (χ3v) is 2.50. The van der Waals surface area contributed by atoms with Gasteiger partial charge in [-0.2, -0.15) is 0 Å². The summed E-state index contributed by atoms with van der Waals surface area (Å²) in [7, 11) is 1.45. The van der Waals surface area contributed by atoms with Crippen molar-refractivity contribution in [2.24, 2.45) is 0 Å². The molecule has 1 fully saturated rings. The Morgan fingerprint density at radius 2 is 2.25 bits per heavy atom. The van der Waals surface area contributed by atoms with E-state index < -0.39 is 0 Å². The number of esters is 1. The largest absolute Gasteiger partial charge is 0.468 e. The Hall–Kier alpha value is -0.570. The predicted octanol–water partition coefficient (Wildman–Crippen LogP) is 1.08. The summed E-state index contributed by atoms with van der Waals surface area (Å²) in [6.07, 6.45) is 4.05. The van der Waals surface area contributed by atoms with Crippen LogP contribution in [0.3, 0.4) is 0 Å². The van der Waals surface area contributed by atoms with Crippen molar-refractivity contribution in [1.82, 2.24) is 5.32 Å². The van der Waals surface area contributed by atoms with Gasteiger partial charge in [0, 0.05) is 0 Å². The fourth-order valence-corrected chi connectivity index (χ4v) is 1.54. The molecule has 0 radical (unpaired) electrons. The van der Waals surface area contributed by atoms with Crippen molar-refractivity contribution in [1.29, 1.82) is 0 Å². The molecule has 1 rings (SSSR count). The van der Waals surface area contributed by atoms with Crippen molar-refractivity contribution >= 4 is 5.97 Å². The Labute approximate surface area is 73.5 Å². The number of hydrogen-bond donors (Lipinski definition) is 1. The quantitative estimate of drug-likeness (QED) is 0.643. The second kappa shape index (κ2) is 3.90. The van der Waals surface area contributed by atoms with E-state index in [1.807, 2.05) is 0 Å². The van der Waals surface area contributed by atoms with Gasteiger partial charge in [0.05, 0.1) is 7.11 Å². The zero-order chi connectivity index (χ0) is 9.03. The number of hydrogen-bond acceptors (Lipinski definition) is 3. The van der Waals surface area contributed by atoms with E-state index in [0.717, 1.165) is 32.2 Å². The summed E-state index contributed by atoms with van der Waals surface area (Å²) in [6, 6.07) is 0. The van der Waals surface area contributed by atoms with Crippen molar-refractivity contribution in [2.45, 2.75) is 38.1 Å². The highest BCUT2D eigenvalue weighted by molar-refractivity contribution is 5.81. The van der Waals surface area contributed by atoms with Crippen LogP contribution in [0, 0.1) is 0 Å². The highest BCUT2D eigenvalue weighted by Crippen LogP contribution is 2.32. The summed E-state index contributed by atoms with van der Waals surface area (Å²) in [6.45, 7) is 2.99. The molecule has 0 aliphatic heterocycles. The lowest BCUT2D eigenvalue weighted by atomic mass is 9.76. The molecule has 1 aliphatic rings. The molecule has 0 aromatic heterocycles. The fourth-order valence-electron chi connectivity index (χ4n) is 1.54. The van der Waals surface area contributed by atoms with E-state index >= 15 is 0 Å². The van der Waals surface area contributed by atoms with Gasteiger partial charge < -0.3 is 10.1 Å². The first-order valence-corrected chi connectivity index (χ1v) is 4.58. The fraction of sp³-hybridized carbons (Fsp3) is 0.889. The molecule has 0 aromatic rings. The van der Waals surface area contributed by atoms with Gasteiger partial charge in [-0.3, -0.25) is 4.79 Å². The minimum Gasteiger partial charge on any atom is -0.468 e. The molecule has 12 heavy (non-hydrogen) atoms. The normalized spacial score (nSPS) is 19.8. The molecule has 1 saturated carbocycles. The van der Waals surface area contributed by atoms with E-state index in [0.29, 0.717) is 0 Å². The highest BCUT2D eigenvalue weighted by Gasteiger charge is 2.44. The molecule has 0 aromatic carbocycles. The smallest absolute Gasteiger partial charge is 0.326 e. The van der Waals surface area contributed by atoms with Gasteiger partial charge in [0.1, 0.15) is 5.54 Å². The van der Waals surface area contributed by atoms with Crippen LogP contribution in [0.5, 0.6) is 0 Å². The van der Waals surface area contributed by atoms with Gasteiger partial charge in [-0.25, -0.2) is 0 Å². The number of nitrogens with one attached hydrogen (secondary N) is 1. The first-order chi connectivity index (χ1) is 5.75. The lowest BCUT2D eigenvalue weighted by Crippen LogP contribution is -2.57. The van der Waals surface area contributed by atoms with Crippen LogP contribution in [-0.4, -0.2) is 25.2 Å². The van der Waals surface area contributed by atoms with Crippen LogP contribution < -0.4 is 5.32 Å². The van der Waals surface area contributed by atoms with Gasteiger partial charge in [0.25, 0.3) is 0 Å². The Bertz CT molecular complexity index is 164. The SMILES string of the molecule is CCCNC1(C(=O)OC)CCC1. The van der Waals surface area contributed by atoms with Crippen molar-refractivity contribution in [3.05, 3.63) is 0 Å². The van der Waals surface area contributed by atoms with Crippen molar-refractivity contribution in [3.8, 4) is 0 Å². The minimum absolute atomic E-state index is 0.0952. The van der Waals surface area contributed by atoms with E-state index in [-0.39, 0.29) is 11.5 Å². The topological polar surface area (TPSA) is 38.3 Å². The first-order valence-electron chi connectivity index (χ1n) is 4.58. The molecule has 3 heteroatoms. The van der Waals surface area contributed by atoms with Crippen LogP contribution in [0.25, 0.3) is 0 Å². The van der Waals surface area contributed by atoms with Crippen LogP contribution >= 0.6 is 0 Å². The van der Waals surface area contributed by atoms with Crippen molar-refractivity contribution in [3.63, 3.8) is 0 Å². The number of ether oxygens (including phenoxy) is 1.